The molecule has 0 spiro atoms. The molecule has 3 rings (SSSR count). The second-order valence-corrected chi connectivity index (χ2v) is 8.05. The van der Waals surface area contributed by atoms with E-state index in [0.29, 0.717) is 23.8 Å². The number of anilines is 3. The van der Waals surface area contributed by atoms with E-state index in [1.54, 1.807) is 6.33 Å². The van der Waals surface area contributed by atoms with Crippen molar-refractivity contribution < 1.29 is 5.11 Å². The van der Waals surface area contributed by atoms with Crippen LogP contribution in [0.1, 0.15) is 44.9 Å². The lowest BCUT2D eigenvalue weighted by Gasteiger charge is -2.20. The number of rotatable bonds is 8. The SMILES string of the molecule is Cc1ccc(N)c(CNc2nc(NC(CO)C(C)C)nc3c2ncn3C(C)C)c1. The molecule has 1 unspecified atom stereocenters. The van der Waals surface area contributed by atoms with Crippen LogP contribution in [0.2, 0.25) is 0 Å². The standard InChI is InChI=1S/C21H31N7O/c1-12(2)17(10-29)25-21-26-19(18-20(27-21)28(11-24-18)13(3)4)23-9-15-8-14(5)6-7-16(15)22/h6-8,11-13,17,29H,9-10,22H2,1-5H3,(H2,23,25,26,27). The maximum atomic E-state index is 9.69. The molecule has 0 bridgehead atoms. The van der Waals surface area contributed by atoms with E-state index in [0.717, 1.165) is 22.5 Å². The van der Waals surface area contributed by atoms with E-state index in [9.17, 15) is 5.11 Å². The number of aliphatic hydroxyl groups excluding tert-OH is 1. The average molecular weight is 398 g/mol. The number of benzene rings is 1. The number of nitrogen functional groups attached to an aromatic ring is 1. The van der Waals surface area contributed by atoms with Gasteiger partial charge in [-0.2, -0.15) is 9.97 Å². The monoisotopic (exact) mass is 397 g/mol. The van der Waals surface area contributed by atoms with Gasteiger partial charge in [-0.3, -0.25) is 0 Å². The van der Waals surface area contributed by atoms with Gasteiger partial charge in [0.05, 0.1) is 19.0 Å². The molecule has 0 saturated heterocycles. The van der Waals surface area contributed by atoms with Crippen LogP contribution in [0.25, 0.3) is 11.2 Å². The molecule has 0 aliphatic carbocycles. The Labute approximate surface area is 171 Å². The van der Waals surface area contributed by atoms with Crippen molar-refractivity contribution in [2.45, 2.75) is 53.2 Å². The molecule has 2 heterocycles. The number of nitrogens with two attached hydrogens (primary N) is 1. The van der Waals surface area contributed by atoms with Crippen LogP contribution in [0.15, 0.2) is 24.5 Å². The summed E-state index contributed by atoms with van der Waals surface area (Å²) in [4.78, 5) is 13.9. The van der Waals surface area contributed by atoms with Gasteiger partial charge in [0.25, 0.3) is 0 Å². The number of fused-ring (bicyclic) bond motifs is 1. The molecule has 0 aliphatic heterocycles. The number of aromatic nitrogens is 4. The quantitative estimate of drug-likeness (QED) is 0.431. The molecular weight excluding hydrogens is 366 g/mol. The molecule has 1 atom stereocenters. The molecule has 2 aromatic heterocycles. The summed E-state index contributed by atoms with van der Waals surface area (Å²) in [5, 5.41) is 16.3. The summed E-state index contributed by atoms with van der Waals surface area (Å²) in [7, 11) is 0. The third-order valence-electron chi connectivity index (χ3n) is 5.04. The third kappa shape index (κ3) is 4.59. The van der Waals surface area contributed by atoms with Gasteiger partial charge in [0.15, 0.2) is 17.0 Å². The van der Waals surface area contributed by atoms with Gasteiger partial charge in [-0.25, -0.2) is 4.98 Å². The smallest absolute Gasteiger partial charge is 0.227 e. The fourth-order valence-corrected chi connectivity index (χ4v) is 3.14. The lowest BCUT2D eigenvalue weighted by Crippen LogP contribution is -2.30. The fraction of sp³-hybridized carbons (Fsp3) is 0.476. The minimum absolute atomic E-state index is 0.00505. The largest absolute Gasteiger partial charge is 0.398 e. The lowest BCUT2D eigenvalue weighted by atomic mass is 10.1. The lowest BCUT2D eigenvalue weighted by molar-refractivity contribution is 0.248. The number of hydrogen-bond acceptors (Lipinski definition) is 7. The number of imidazole rings is 1. The summed E-state index contributed by atoms with van der Waals surface area (Å²) in [6, 6.07) is 6.05. The zero-order chi connectivity index (χ0) is 21.1. The number of aliphatic hydroxyl groups is 1. The first kappa shape index (κ1) is 20.9. The molecule has 8 nitrogen and oxygen atoms in total. The van der Waals surface area contributed by atoms with Crippen LogP contribution < -0.4 is 16.4 Å². The van der Waals surface area contributed by atoms with Gasteiger partial charge in [0.2, 0.25) is 5.95 Å². The van der Waals surface area contributed by atoms with Crippen LogP contribution in [-0.4, -0.2) is 37.3 Å². The molecule has 3 aromatic rings. The second kappa shape index (κ2) is 8.65. The molecule has 156 valence electrons. The number of nitrogens with zero attached hydrogens (tertiary/aromatic N) is 4. The van der Waals surface area contributed by atoms with Crippen LogP contribution >= 0.6 is 0 Å². The van der Waals surface area contributed by atoms with Crippen molar-refractivity contribution in [3.8, 4) is 0 Å². The Morgan fingerprint density at radius 2 is 1.93 bits per heavy atom. The summed E-state index contributed by atoms with van der Waals surface area (Å²) in [6.45, 7) is 10.8. The molecule has 0 saturated carbocycles. The highest BCUT2D eigenvalue weighted by atomic mass is 16.3. The Bertz CT molecular complexity index is 981. The highest BCUT2D eigenvalue weighted by molar-refractivity contribution is 5.84. The number of aryl methyl sites for hydroxylation is 1. The maximum absolute atomic E-state index is 9.69. The Balaban J connectivity index is 1.98. The third-order valence-corrected chi connectivity index (χ3v) is 5.04. The van der Waals surface area contributed by atoms with Gasteiger partial charge in [-0.05, 0) is 38.3 Å². The first-order valence-electron chi connectivity index (χ1n) is 10.0. The molecule has 1 aromatic carbocycles. The van der Waals surface area contributed by atoms with Crippen molar-refractivity contribution in [1.82, 2.24) is 19.5 Å². The van der Waals surface area contributed by atoms with Crippen LogP contribution in [0, 0.1) is 12.8 Å². The van der Waals surface area contributed by atoms with Crippen molar-refractivity contribution >= 4 is 28.6 Å². The van der Waals surface area contributed by atoms with E-state index < -0.39 is 0 Å². The van der Waals surface area contributed by atoms with E-state index >= 15 is 0 Å². The minimum atomic E-state index is -0.136. The van der Waals surface area contributed by atoms with Crippen molar-refractivity contribution in [2.75, 3.05) is 23.0 Å². The average Bonchev–Trinajstić information content (AvgIpc) is 3.10. The van der Waals surface area contributed by atoms with Crippen LogP contribution in [0.4, 0.5) is 17.5 Å². The summed E-state index contributed by atoms with van der Waals surface area (Å²) in [6.07, 6.45) is 1.78. The molecule has 5 N–H and O–H groups in total. The molecular formula is C21H31N7O. The highest BCUT2D eigenvalue weighted by Crippen LogP contribution is 2.25. The van der Waals surface area contributed by atoms with E-state index in [1.807, 2.05) is 37.5 Å². The zero-order valence-electron chi connectivity index (χ0n) is 17.8. The summed E-state index contributed by atoms with van der Waals surface area (Å²) < 4.78 is 2.01. The van der Waals surface area contributed by atoms with Crippen molar-refractivity contribution in [2.24, 2.45) is 5.92 Å². The van der Waals surface area contributed by atoms with Crippen molar-refractivity contribution in [1.29, 1.82) is 0 Å². The van der Waals surface area contributed by atoms with Crippen molar-refractivity contribution in [3.63, 3.8) is 0 Å². The van der Waals surface area contributed by atoms with E-state index in [2.05, 4.69) is 45.5 Å². The molecule has 29 heavy (non-hydrogen) atoms. The highest BCUT2D eigenvalue weighted by Gasteiger charge is 2.18. The van der Waals surface area contributed by atoms with Gasteiger partial charge >= 0.3 is 0 Å². The first-order chi connectivity index (χ1) is 13.8. The Hall–Kier alpha value is -2.87. The molecule has 0 amide bonds. The van der Waals surface area contributed by atoms with Gasteiger partial charge < -0.3 is 26.0 Å². The fourth-order valence-electron chi connectivity index (χ4n) is 3.14. The summed E-state index contributed by atoms with van der Waals surface area (Å²) in [5.74, 6) is 1.34. The van der Waals surface area contributed by atoms with E-state index in [1.165, 1.54) is 0 Å². The van der Waals surface area contributed by atoms with Gasteiger partial charge in [-0.15, -0.1) is 0 Å². The number of nitrogens with one attached hydrogen (secondary N) is 2. The predicted molar refractivity (Wildman–Crippen MR) is 118 cm³/mol. The second-order valence-electron chi connectivity index (χ2n) is 8.05. The van der Waals surface area contributed by atoms with Gasteiger partial charge in [0.1, 0.15) is 0 Å². The Kier molecular flexibility index (Phi) is 6.22. The molecule has 0 fully saturated rings. The van der Waals surface area contributed by atoms with E-state index in [4.69, 9.17) is 5.73 Å². The van der Waals surface area contributed by atoms with Gasteiger partial charge in [0, 0.05) is 18.3 Å². The van der Waals surface area contributed by atoms with Crippen LogP contribution in [0.5, 0.6) is 0 Å². The van der Waals surface area contributed by atoms with Gasteiger partial charge in [-0.1, -0.05) is 31.5 Å². The van der Waals surface area contributed by atoms with Crippen molar-refractivity contribution in [3.05, 3.63) is 35.7 Å². The van der Waals surface area contributed by atoms with Crippen LogP contribution in [0.3, 0.4) is 0 Å². The minimum Gasteiger partial charge on any atom is -0.398 e. The van der Waals surface area contributed by atoms with Crippen LogP contribution in [-0.2, 0) is 6.54 Å². The maximum Gasteiger partial charge on any atom is 0.227 e. The Morgan fingerprint density at radius 3 is 2.59 bits per heavy atom. The molecule has 0 aliphatic rings. The predicted octanol–water partition coefficient (Wildman–Crippen LogP) is 3.34. The molecule has 0 radical (unpaired) electrons. The normalized spacial score (nSPS) is 12.7. The summed E-state index contributed by atoms with van der Waals surface area (Å²) in [5.41, 5.74) is 10.5. The first-order valence-corrected chi connectivity index (χ1v) is 10.0. The Morgan fingerprint density at radius 1 is 1.17 bits per heavy atom. The topological polar surface area (TPSA) is 114 Å². The molecule has 8 heteroatoms. The zero-order valence-corrected chi connectivity index (χ0v) is 17.8. The number of hydrogen-bond donors (Lipinski definition) is 4. The summed E-state index contributed by atoms with van der Waals surface area (Å²) >= 11 is 0. The van der Waals surface area contributed by atoms with E-state index in [-0.39, 0.29) is 24.6 Å².